The number of aromatic nitrogens is 2. The van der Waals surface area contributed by atoms with Gasteiger partial charge in [-0.1, -0.05) is 109 Å². The molecule has 2 heterocycles. The Bertz CT molecular complexity index is 2130. The Morgan fingerprint density at radius 3 is 1.12 bits per heavy atom. The molecule has 0 bridgehead atoms. The molecule has 0 spiro atoms. The lowest BCUT2D eigenvalue weighted by Gasteiger charge is -2.18. The lowest BCUT2D eigenvalue weighted by atomic mass is 9.85. The van der Waals surface area contributed by atoms with E-state index >= 15 is 0 Å². The summed E-state index contributed by atoms with van der Waals surface area (Å²) in [7, 11) is 4.32. The van der Waals surface area contributed by atoms with Crippen LogP contribution in [0, 0.1) is 0 Å². The number of para-hydroxylation sites is 2. The van der Waals surface area contributed by atoms with Crippen molar-refractivity contribution in [3.63, 3.8) is 0 Å². The van der Waals surface area contributed by atoms with Crippen molar-refractivity contribution < 1.29 is 0 Å². The van der Waals surface area contributed by atoms with E-state index in [1.54, 1.807) is 0 Å². The van der Waals surface area contributed by atoms with Crippen molar-refractivity contribution in [2.24, 2.45) is 14.1 Å². The van der Waals surface area contributed by atoms with Crippen LogP contribution in [0.15, 0.2) is 146 Å². The molecule has 0 saturated carbocycles. The molecule has 8 aromatic rings. The summed E-state index contributed by atoms with van der Waals surface area (Å²) in [5.41, 5.74) is 12.3. The summed E-state index contributed by atoms with van der Waals surface area (Å²) in [6.45, 7) is 0. The molecule has 0 aliphatic heterocycles. The first kappa shape index (κ1) is 24.5. The van der Waals surface area contributed by atoms with Crippen LogP contribution in [-0.4, -0.2) is 9.13 Å². The highest BCUT2D eigenvalue weighted by Gasteiger charge is 2.19. The molecule has 0 aliphatic carbocycles. The third-order valence-electron chi connectivity index (χ3n) is 8.78. The van der Waals surface area contributed by atoms with Gasteiger partial charge in [-0.3, -0.25) is 0 Å². The third-order valence-corrected chi connectivity index (χ3v) is 8.78. The van der Waals surface area contributed by atoms with Gasteiger partial charge < -0.3 is 9.13 Å². The Labute approximate surface area is 245 Å². The topological polar surface area (TPSA) is 9.86 Å². The minimum Gasteiger partial charge on any atom is -0.344 e. The van der Waals surface area contributed by atoms with E-state index in [1.165, 1.54) is 77.0 Å². The summed E-state index contributed by atoms with van der Waals surface area (Å²) in [6, 6.07) is 53.0. The molecule has 2 heteroatoms. The van der Waals surface area contributed by atoms with Gasteiger partial charge in [-0.15, -0.1) is 0 Å². The first-order valence-corrected chi connectivity index (χ1v) is 14.5. The maximum Gasteiger partial charge on any atom is 0.0489 e. The average Bonchev–Trinajstić information content (AvgIpc) is 3.50. The van der Waals surface area contributed by atoms with Crippen LogP contribution in [0.1, 0.15) is 22.3 Å². The standard InChI is InChI=1S/C40H30N2/c1-41-35-19-11-9-17-31(35)33-25-29(21-23-37(33)41)39(27-13-5-3-6-14-27)40(28-15-7-4-8-16-28)30-22-24-38-34(26-30)32-18-10-12-20-36(32)42(38)2/h3-26H,1-2H3. The molecule has 2 nitrogen and oxygen atoms in total. The van der Waals surface area contributed by atoms with Gasteiger partial charge in [-0.2, -0.15) is 0 Å². The monoisotopic (exact) mass is 538 g/mol. The Kier molecular flexibility index (Phi) is 5.61. The van der Waals surface area contributed by atoms with Gasteiger partial charge in [0.25, 0.3) is 0 Å². The van der Waals surface area contributed by atoms with Gasteiger partial charge in [0.15, 0.2) is 0 Å². The van der Waals surface area contributed by atoms with Crippen LogP contribution in [0.25, 0.3) is 54.8 Å². The number of hydrogen-bond acceptors (Lipinski definition) is 0. The maximum absolute atomic E-state index is 2.39. The zero-order valence-corrected chi connectivity index (χ0v) is 23.8. The van der Waals surface area contributed by atoms with Gasteiger partial charge in [0.05, 0.1) is 0 Å². The molecule has 0 N–H and O–H groups in total. The SMILES string of the molecule is Cn1c2ccccc2c2cc(C(=C(c3ccccc3)c3ccc4c(c3)c3ccccc3n4C)c3ccccc3)ccc21. The molecule has 8 rings (SSSR count). The van der Waals surface area contributed by atoms with E-state index in [0.717, 1.165) is 0 Å². The van der Waals surface area contributed by atoms with E-state index < -0.39 is 0 Å². The number of nitrogens with zero attached hydrogens (tertiary/aromatic N) is 2. The first-order chi connectivity index (χ1) is 20.7. The van der Waals surface area contributed by atoms with E-state index in [1.807, 2.05) is 0 Å². The Hall–Kier alpha value is -5.34. The smallest absolute Gasteiger partial charge is 0.0489 e. The molecule has 2 aromatic heterocycles. The third kappa shape index (κ3) is 3.73. The van der Waals surface area contributed by atoms with Crippen LogP contribution in [0.5, 0.6) is 0 Å². The molecule has 0 atom stereocenters. The van der Waals surface area contributed by atoms with Crippen LogP contribution in [-0.2, 0) is 14.1 Å². The van der Waals surface area contributed by atoms with Crippen LogP contribution in [0.4, 0.5) is 0 Å². The minimum absolute atomic E-state index is 1.20. The largest absolute Gasteiger partial charge is 0.344 e. The predicted octanol–water partition coefficient (Wildman–Crippen LogP) is 9.98. The summed E-state index contributed by atoms with van der Waals surface area (Å²) in [5.74, 6) is 0. The summed E-state index contributed by atoms with van der Waals surface area (Å²) < 4.78 is 4.60. The zero-order valence-electron chi connectivity index (χ0n) is 23.8. The summed E-state index contributed by atoms with van der Waals surface area (Å²) in [5, 5.41) is 5.11. The lowest BCUT2D eigenvalue weighted by Crippen LogP contribution is -1.98. The molecule has 0 fully saturated rings. The highest BCUT2D eigenvalue weighted by molar-refractivity contribution is 6.13. The van der Waals surface area contributed by atoms with Gasteiger partial charge in [-0.05, 0) is 69.8 Å². The summed E-state index contributed by atoms with van der Waals surface area (Å²) in [4.78, 5) is 0. The van der Waals surface area contributed by atoms with Crippen LogP contribution >= 0.6 is 0 Å². The zero-order chi connectivity index (χ0) is 28.2. The fourth-order valence-corrected chi connectivity index (χ4v) is 6.77. The molecule has 0 radical (unpaired) electrons. The number of hydrogen-bond donors (Lipinski definition) is 0. The molecule has 0 aliphatic rings. The van der Waals surface area contributed by atoms with Gasteiger partial charge >= 0.3 is 0 Å². The molecule has 6 aromatic carbocycles. The maximum atomic E-state index is 2.39. The van der Waals surface area contributed by atoms with Crippen molar-refractivity contribution in [3.8, 4) is 0 Å². The van der Waals surface area contributed by atoms with Crippen molar-refractivity contribution in [3.05, 3.63) is 168 Å². The van der Waals surface area contributed by atoms with Crippen molar-refractivity contribution >= 4 is 54.8 Å². The highest BCUT2D eigenvalue weighted by atomic mass is 14.9. The predicted molar refractivity (Wildman–Crippen MR) is 179 cm³/mol. The fourth-order valence-electron chi connectivity index (χ4n) is 6.77. The van der Waals surface area contributed by atoms with Crippen LogP contribution in [0.2, 0.25) is 0 Å². The Morgan fingerprint density at radius 2 is 0.690 bits per heavy atom. The van der Waals surface area contributed by atoms with Gasteiger partial charge in [0.1, 0.15) is 0 Å². The van der Waals surface area contributed by atoms with E-state index in [0.29, 0.717) is 0 Å². The molecule has 0 unspecified atom stereocenters. The number of benzene rings is 6. The van der Waals surface area contributed by atoms with Crippen molar-refractivity contribution in [1.29, 1.82) is 0 Å². The van der Waals surface area contributed by atoms with Gasteiger partial charge in [-0.25, -0.2) is 0 Å². The van der Waals surface area contributed by atoms with Crippen LogP contribution in [0.3, 0.4) is 0 Å². The van der Waals surface area contributed by atoms with E-state index in [4.69, 9.17) is 0 Å². The van der Waals surface area contributed by atoms with Crippen molar-refractivity contribution in [2.75, 3.05) is 0 Å². The number of aryl methyl sites for hydroxylation is 2. The van der Waals surface area contributed by atoms with Crippen molar-refractivity contribution in [1.82, 2.24) is 9.13 Å². The summed E-state index contributed by atoms with van der Waals surface area (Å²) in [6.07, 6.45) is 0. The van der Waals surface area contributed by atoms with Gasteiger partial charge in [0.2, 0.25) is 0 Å². The normalized spacial score (nSPS) is 12.4. The molecular weight excluding hydrogens is 508 g/mol. The molecule has 0 saturated heterocycles. The van der Waals surface area contributed by atoms with E-state index in [9.17, 15) is 0 Å². The highest BCUT2D eigenvalue weighted by Crippen LogP contribution is 2.40. The van der Waals surface area contributed by atoms with E-state index in [-0.39, 0.29) is 0 Å². The quantitative estimate of drug-likeness (QED) is 0.197. The lowest BCUT2D eigenvalue weighted by molar-refractivity contribution is 1.01. The molecular formula is C40H30N2. The Morgan fingerprint density at radius 1 is 0.333 bits per heavy atom. The average molecular weight is 539 g/mol. The fraction of sp³-hybridized carbons (Fsp3) is 0.0500. The minimum atomic E-state index is 1.20. The first-order valence-electron chi connectivity index (χ1n) is 14.5. The number of rotatable bonds is 4. The number of fused-ring (bicyclic) bond motifs is 6. The molecule has 0 amide bonds. The molecule has 42 heavy (non-hydrogen) atoms. The molecule has 200 valence electrons. The second-order valence-corrected chi connectivity index (χ2v) is 11.1. The van der Waals surface area contributed by atoms with Gasteiger partial charge in [0, 0.05) is 57.7 Å². The van der Waals surface area contributed by atoms with Crippen molar-refractivity contribution in [2.45, 2.75) is 0 Å². The second kappa shape index (κ2) is 9.64. The summed E-state index contributed by atoms with van der Waals surface area (Å²) >= 11 is 0. The van der Waals surface area contributed by atoms with E-state index in [2.05, 4.69) is 169 Å². The second-order valence-electron chi connectivity index (χ2n) is 11.1. The Balaban J connectivity index is 1.50. The van der Waals surface area contributed by atoms with Crippen LogP contribution < -0.4 is 0 Å².